The smallest absolute Gasteiger partial charge is 0.408 e. The lowest BCUT2D eigenvalue weighted by Gasteiger charge is -2.20. The number of amides is 1. The van der Waals surface area contributed by atoms with Crippen molar-refractivity contribution >= 4 is 12.1 Å². The number of carboxylic acid groups (broad SMARTS) is 1. The maximum atomic E-state index is 12.1. The molecule has 0 radical (unpaired) electrons. The molecule has 2 N–H and O–H groups in total. The molecule has 0 unspecified atom stereocenters. The molecule has 0 aromatic rings. The molecule has 6 heteroatoms. The minimum absolute atomic E-state index is 0.733. The largest absolute Gasteiger partial charge is 0.480 e. The van der Waals surface area contributed by atoms with Crippen LogP contribution in [0.2, 0.25) is 0 Å². The quantitative estimate of drug-likeness (QED) is 0.722. The van der Waals surface area contributed by atoms with Gasteiger partial charge in [-0.15, -0.1) is 0 Å². The van der Waals surface area contributed by atoms with Crippen molar-refractivity contribution in [3.8, 4) is 0 Å². The van der Waals surface area contributed by atoms with Crippen LogP contribution in [0.15, 0.2) is 0 Å². The van der Waals surface area contributed by atoms with Crippen molar-refractivity contribution in [1.29, 1.82) is 0 Å². The normalized spacial score (nSPS) is 13.1. The molecule has 0 aromatic heterocycles. The fourth-order valence-electron chi connectivity index (χ4n) is 0.616. The topological polar surface area (TPSA) is 75.6 Å². The number of carboxylic acids is 1. The number of rotatable bonds is 3. The van der Waals surface area contributed by atoms with Gasteiger partial charge in [0.05, 0.1) is 0 Å². The van der Waals surface area contributed by atoms with Crippen molar-refractivity contribution in [3.05, 3.63) is 0 Å². The maximum absolute atomic E-state index is 12.1. The second-order valence-corrected chi connectivity index (χ2v) is 3.69. The van der Waals surface area contributed by atoms with E-state index < -0.39 is 30.4 Å². The van der Waals surface area contributed by atoms with Crippen molar-refractivity contribution in [3.63, 3.8) is 0 Å². The third-order valence-corrected chi connectivity index (χ3v) is 1.14. The number of aliphatic carboxylic acids is 1. The van der Waals surface area contributed by atoms with Gasteiger partial charge in [-0.3, -0.25) is 0 Å². The molecule has 0 saturated carbocycles. The Hall–Kier alpha value is -1.33. The van der Waals surface area contributed by atoms with Gasteiger partial charge >= 0.3 is 12.1 Å². The highest BCUT2D eigenvalue weighted by molar-refractivity contribution is 5.80. The summed E-state index contributed by atoms with van der Waals surface area (Å²) in [5.41, 5.74) is -0.733. The molecule has 0 aliphatic rings. The zero-order chi connectivity index (χ0) is 11.4. The molecular weight excluding hydrogens is 193 g/mol. The van der Waals surface area contributed by atoms with Gasteiger partial charge in [0.15, 0.2) is 6.04 Å². The van der Waals surface area contributed by atoms with Gasteiger partial charge in [-0.05, 0) is 20.8 Å². The molecule has 0 heterocycles. The minimum Gasteiger partial charge on any atom is -0.480 e. The fourth-order valence-corrected chi connectivity index (χ4v) is 0.616. The van der Waals surface area contributed by atoms with E-state index >= 15 is 0 Å². The van der Waals surface area contributed by atoms with Crippen molar-refractivity contribution in [1.82, 2.24) is 5.32 Å². The van der Waals surface area contributed by atoms with Crippen molar-refractivity contribution in [2.75, 3.05) is 6.67 Å². The van der Waals surface area contributed by atoms with Gasteiger partial charge in [0.2, 0.25) is 0 Å². The Morgan fingerprint density at radius 3 is 2.29 bits per heavy atom. The van der Waals surface area contributed by atoms with Gasteiger partial charge in [-0.2, -0.15) is 0 Å². The van der Waals surface area contributed by atoms with E-state index in [0.29, 0.717) is 0 Å². The summed E-state index contributed by atoms with van der Waals surface area (Å²) in [4.78, 5) is 21.3. The van der Waals surface area contributed by atoms with E-state index in [2.05, 4.69) is 0 Å². The molecule has 0 spiro atoms. The highest BCUT2D eigenvalue weighted by Gasteiger charge is 2.23. The minimum atomic E-state index is -1.55. The number of halogens is 1. The van der Waals surface area contributed by atoms with Crippen LogP contribution in [0, 0.1) is 0 Å². The predicted octanol–water partition coefficient (Wildman–Crippen LogP) is 0.934. The number of nitrogens with one attached hydrogen (secondary N) is 1. The predicted molar refractivity (Wildman–Crippen MR) is 46.8 cm³/mol. The van der Waals surface area contributed by atoms with Gasteiger partial charge < -0.3 is 15.2 Å². The fraction of sp³-hybridized carbons (Fsp3) is 0.750. The van der Waals surface area contributed by atoms with Crippen LogP contribution in [0.1, 0.15) is 20.8 Å². The summed E-state index contributed by atoms with van der Waals surface area (Å²) < 4.78 is 16.8. The van der Waals surface area contributed by atoms with Gasteiger partial charge in [-0.25, -0.2) is 14.0 Å². The van der Waals surface area contributed by atoms with Crippen LogP contribution in [0.25, 0.3) is 0 Å². The molecule has 0 aliphatic carbocycles. The van der Waals surface area contributed by atoms with Gasteiger partial charge in [-0.1, -0.05) is 0 Å². The summed E-state index contributed by atoms with van der Waals surface area (Å²) in [5, 5.41) is 10.3. The van der Waals surface area contributed by atoms with E-state index in [1.807, 2.05) is 5.32 Å². The first-order valence-corrected chi connectivity index (χ1v) is 4.04. The lowest BCUT2D eigenvalue weighted by molar-refractivity contribution is -0.139. The van der Waals surface area contributed by atoms with E-state index in [-0.39, 0.29) is 0 Å². The molecule has 0 fully saturated rings. The molecule has 0 rings (SSSR count). The molecule has 5 nitrogen and oxygen atoms in total. The van der Waals surface area contributed by atoms with Gasteiger partial charge in [0.1, 0.15) is 12.3 Å². The van der Waals surface area contributed by atoms with E-state index in [0.717, 1.165) is 0 Å². The van der Waals surface area contributed by atoms with E-state index in [1.54, 1.807) is 20.8 Å². The third kappa shape index (κ3) is 5.34. The summed E-state index contributed by atoms with van der Waals surface area (Å²) in [6, 6.07) is -1.55. The Kier molecular flexibility index (Phi) is 4.33. The standard InChI is InChI=1S/C8H14FNO4/c1-8(2,3)14-7(13)10-5(4-9)6(11)12/h5H,4H2,1-3H3,(H,10,13)(H,11,12)/t5-/m0/s1. The first kappa shape index (κ1) is 12.7. The average molecular weight is 207 g/mol. The first-order chi connectivity index (χ1) is 6.26. The summed E-state index contributed by atoms with van der Waals surface area (Å²) in [6.45, 7) is 3.70. The van der Waals surface area contributed by atoms with Crippen LogP contribution >= 0.6 is 0 Å². The number of carbonyl (C=O) groups is 2. The molecule has 0 saturated heterocycles. The second-order valence-electron chi connectivity index (χ2n) is 3.69. The number of ether oxygens (including phenoxy) is 1. The van der Waals surface area contributed by atoms with Gasteiger partial charge in [0, 0.05) is 0 Å². The van der Waals surface area contributed by atoms with Crippen LogP contribution in [0.5, 0.6) is 0 Å². The number of carbonyl (C=O) groups excluding carboxylic acids is 1. The molecular formula is C8H14FNO4. The SMILES string of the molecule is CC(C)(C)OC(=O)N[C@@H](CF)C(=O)O. The maximum Gasteiger partial charge on any atom is 0.408 e. The number of hydrogen-bond donors (Lipinski definition) is 2. The van der Waals surface area contributed by atoms with E-state index in [1.165, 1.54) is 0 Å². The van der Waals surface area contributed by atoms with Crippen LogP contribution in [-0.2, 0) is 9.53 Å². The van der Waals surface area contributed by atoms with Crippen LogP contribution in [0.3, 0.4) is 0 Å². The number of hydrogen-bond acceptors (Lipinski definition) is 3. The summed E-state index contributed by atoms with van der Waals surface area (Å²) in [7, 11) is 0. The third-order valence-electron chi connectivity index (χ3n) is 1.14. The molecule has 0 bridgehead atoms. The highest BCUT2D eigenvalue weighted by atomic mass is 19.1. The molecule has 1 atom stereocenters. The van der Waals surface area contributed by atoms with Crippen LogP contribution in [0.4, 0.5) is 9.18 Å². The average Bonchev–Trinajstić information content (AvgIpc) is 1.96. The lowest BCUT2D eigenvalue weighted by Crippen LogP contribution is -2.44. The Balaban J connectivity index is 4.11. The first-order valence-electron chi connectivity index (χ1n) is 4.04. The van der Waals surface area contributed by atoms with Crippen LogP contribution in [-0.4, -0.2) is 35.5 Å². The highest BCUT2D eigenvalue weighted by Crippen LogP contribution is 2.06. The summed E-state index contributed by atoms with van der Waals surface area (Å²) >= 11 is 0. The molecule has 1 amide bonds. The molecule has 0 aliphatic heterocycles. The zero-order valence-corrected chi connectivity index (χ0v) is 8.33. The van der Waals surface area contributed by atoms with Gasteiger partial charge in [0.25, 0.3) is 0 Å². The van der Waals surface area contributed by atoms with Crippen molar-refractivity contribution in [2.24, 2.45) is 0 Å². The van der Waals surface area contributed by atoms with Crippen molar-refractivity contribution < 1.29 is 23.8 Å². The van der Waals surface area contributed by atoms with Crippen LogP contribution < -0.4 is 5.32 Å². The Bertz CT molecular complexity index is 224. The van der Waals surface area contributed by atoms with E-state index in [9.17, 15) is 14.0 Å². The zero-order valence-electron chi connectivity index (χ0n) is 8.33. The Labute approximate surface area is 81.2 Å². The summed E-state index contributed by atoms with van der Waals surface area (Å²) in [5.74, 6) is -1.43. The lowest BCUT2D eigenvalue weighted by atomic mass is 10.2. The number of alkyl carbamates (subject to hydrolysis) is 1. The molecule has 14 heavy (non-hydrogen) atoms. The number of alkyl halides is 1. The summed E-state index contributed by atoms with van der Waals surface area (Å²) in [6.07, 6.45) is -0.942. The Morgan fingerprint density at radius 2 is 2.00 bits per heavy atom. The van der Waals surface area contributed by atoms with Crippen molar-refractivity contribution in [2.45, 2.75) is 32.4 Å². The Morgan fingerprint density at radius 1 is 1.50 bits per heavy atom. The van der Waals surface area contributed by atoms with E-state index in [4.69, 9.17) is 9.84 Å². The molecule has 0 aromatic carbocycles. The molecule has 82 valence electrons. The second kappa shape index (κ2) is 4.78. The monoisotopic (exact) mass is 207 g/mol.